The van der Waals surface area contributed by atoms with Crippen LogP contribution in [0.2, 0.25) is 5.02 Å². The minimum atomic E-state index is -1.03. The van der Waals surface area contributed by atoms with Gasteiger partial charge in [0.05, 0.1) is 23.9 Å². The van der Waals surface area contributed by atoms with Crippen molar-refractivity contribution in [1.29, 1.82) is 0 Å². The van der Waals surface area contributed by atoms with E-state index in [1.54, 1.807) is 18.2 Å². The van der Waals surface area contributed by atoms with E-state index in [1.165, 1.54) is 13.3 Å². The highest BCUT2D eigenvalue weighted by atomic mass is 35.5. The maximum Gasteiger partial charge on any atom is 0.339 e. The van der Waals surface area contributed by atoms with Crippen molar-refractivity contribution in [3.8, 4) is 17.1 Å². The Bertz CT molecular complexity index is 687. The van der Waals surface area contributed by atoms with Gasteiger partial charge in [0.2, 0.25) is 0 Å². The van der Waals surface area contributed by atoms with E-state index < -0.39 is 5.97 Å². The first kappa shape index (κ1) is 15.3. The van der Waals surface area contributed by atoms with Gasteiger partial charge < -0.3 is 9.84 Å². The molecule has 2 rings (SSSR count). The summed E-state index contributed by atoms with van der Waals surface area (Å²) < 4.78 is 5.28. The molecule has 0 saturated heterocycles. The van der Waals surface area contributed by atoms with Crippen LogP contribution in [0.15, 0.2) is 24.4 Å². The normalized spacial score (nSPS) is 10.7. The highest BCUT2D eigenvalue weighted by Gasteiger charge is 2.18. The molecule has 1 heterocycles. The van der Waals surface area contributed by atoms with Gasteiger partial charge in [-0.25, -0.2) is 14.8 Å². The second kappa shape index (κ2) is 6.10. The third-order valence-electron chi connectivity index (χ3n) is 3.00. The number of methoxy groups -OCH3 is 1. The van der Waals surface area contributed by atoms with E-state index in [1.807, 2.05) is 13.8 Å². The second-order valence-electron chi connectivity index (χ2n) is 4.80. The third kappa shape index (κ3) is 3.13. The molecule has 0 aliphatic heterocycles. The molecule has 5 nitrogen and oxygen atoms in total. The zero-order chi connectivity index (χ0) is 15.6. The van der Waals surface area contributed by atoms with E-state index in [-0.39, 0.29) is 11.5 Å². The van der Waals surface area contributed by atoms with Gasteiger partial charge in [-0.3, -0.25) is 0 Å². The molecule has 0 amide bonds. The molecule has 2 aromatic rings. The summed E-state index contributed by atoms with van der Waals surface area (Å²) in [5, 5.41) is 9.73. The molecule has 0 radical (unpaired) electrons. The molecule has 6 heteroatoms. The fourth-order valence-electron chi connectivity index (χ4n) is 1.98. The van der Waals surface area contributed by atoms with E-state index in [0.717, 1.165) is 0 Å². The highest BCUT2D eigenvalue weighted by molar-refractivity contribution is 6.30. The lowest BCUT2D eigenvalue weighted by molar-refractivity contribution is 0.0694. The van der Waals surface area contributed by atoms with E-state index in [2.05, 4.69) is 9.97 Å². The lowest BCUT2D eigenvalue weighted by Gasteiger charge is -2.12. The molecule has 0 saturated carbocycles. The predicted octanol–water partition coefficient (Wildman–Crippen LogP) is 3.63. The summed E-state index contributed by atoms with van der Waals surface area (Å²) in [5.41, 5.74) is 1.27. The molecule has 0 fully saturated rings. The summed E-state index contributed by atoms with van der Waals surface area (Å²) >= 11 is 5.93. The monoisotopic (exact) mass is 306 g/mol. The summed E-state index contributed by atoms with van der Waals surface area (Å²) in [7, 11) is 1.53. The number of aromatic carboxylic acids is 1. The summed E-state index contributed by atoms with van der Waals surface area (Å²) in [6.07, 6.45) is 1.33. The van der Waals surface area contributed by atoms with Crippen molar-refractivity contribution in [1.82, 2.24) is 9.97 Å². The van der Waals surface area contributed by atoms with Crippen LogP contribution < -0.4 is 4.74 Å². The fourth-order valence-corrected chi connectivity index (χ4v) is 2.14. The van der Waals surface area contributed by atoms with Crippen molar-refractivity contribution in [2.24, 2.45) is 0 Å². The number of ether oxygens (including phenoxy) is 1. The maximum absolute atomic E-state index is 11.2. The van der Waals surface area contributed by atoms with Crippen molar-refractivity contribution in [3.05, 3.63) is 40.7 Å². The van der Waals surface area contributed by atoms with Crippen LogP contribution in [0.25, 0.3) is 11.4 Å². The number of benzene rings is 1. The van der Waals surface area contributed by atoms with Crippen molar-refractivity contribution < 1.29 is 14.6 Å². The number of carbonyl (C=O) groups is 1. The smallest absolute Gasteiger partial charge is 0.339 e. The molecule has 1 aromatic carbocycles. The van der Waals surface area contributed by atoms with Crippen molar-refractivity contribution in [2.45, 2.75) is 19.8 Å². The van der Waals surface area contributed by atoms with Crippen molar-refractivity contribution in [3.63, 3.8) is 0 Å². The number of aromatic nitrogens is 2. The van der Waals surface area contributed by atoms with Gasteiger partial charge in [-0.2, -0.15) is 0 Å². The number of halogens is 1. The molecule has 0 aliphatic carbocycles. The Labute approximate surface area is 127 Å². The first-order valence-electron chi connectivity index (χ1n) is 6.38. The third-order valence-corrected chi connectivity index (χ3v) is 3.24. The van der Waals surface area contributed by atoms with Gasteiger partial charge in [-0.05, 0) is 24.1 Å². The first-order chi connectivity index (χ1) is 9.93. The van der Waals surface area contributed by atoms with Crippen LogP contribution in [0, 0.1) is 0 Å². The highest BCUT2D eigenvalue weighted by Crippen LogP contribution is 2.31. The summed E-state index contributed by atoms with van der Waals surface area (Å²) in [6, 6.07) is 5.13. The Morgan fingerprint density at radius 1 is 1.38 bits per heavy atom. The minimum absolute atomic E-state index is 0.0313. The Hall–Kier alpha value is -2.14. The van der Waals surface area contributed by atoms with Crippen LogP contribution in [0.1, 0.15) is 35.8 Å². The maximum atomic E-state index is 11.2. The van der Waals surface area contributed by atoms with Crippen LogP contribution in [0.3, 0.4) is 0 Å². The molecular weight excluding hydrogens is 292 g/mol. The van der Waals surface area contributed by atoms with Gasteiger partial charge in [-0.15, -0.1) is 0 Å². The van der Waals surface area contributed by atoms with Gasteiger partial charge in [0.15, 0.2) is 5.82 Å². The summed E-state index contributed by atoms with van der Waals surface area (Å²) in [4.78, 5) is 19.7. The van der Waals surface area contributed by atoms with Gasteiger partial charge in [0, 0.05) is 11.2 Å². The Kier molecular flexibility index (Phi) is 4.43. The lowest BCUT2D eigenvalue weighted by atomic mass is 10.0. The Morgan fingerprint density at radius 3 is 2.67 bits per heavy atom. The standard InChI is InChI=1S/C15H15ClN2O3/c1-8(2)13-11(15(19)20)7-17-14(18-13)10-5-4-9(16)6-12(10)21-3/h4-8H,1-3H3,(H,19,20). The number of nitrogens with zero attached hydrogens (tertiary/aromatic N) is 2. The summed E-state index contributed by atoms with van der Waals surface area (Å²) in [5.74, 6) is -0.109. The molecule has 0 spiro atoms. The van der Waals surface area contributed by atoms with Gasteiger partial charge in [0.25, 0.3) is 0 Å². The van der Waals surface area contributed by atoms with Crippen LogP contribution in [0.4, 0.5) is 0 Å². The van der Waals surface area contributed by atoms with Crippen LogP contribution in [-0.2, 0) is 0 Å². The molecule has 1 N–H and O–H groups in total. The summed E-state index contributed by atoms with van der Waals surface area (Å²) in [6.45, 7) is 3.77. The van der Waals surface area contributed by atoms with Crippen molar-refractivity contribution in [2.75, 3.05) is 7.11 Å². The number of carboxylic acids is 1. The topological polar surface area (TPSA) is 72.3 Å². The first-order valence-corrected chi connectivity index (χ1v) is 6.76. The van der Waals surface area contributed by atoms with Crippen molar-refractivity contribution >= 4 is 17.6 Å². The quantitative estimate of drug-likeness (QED) is 0.934. The van der Waals surface area contributed by atoms with E-state index in [4.69, 9.17) is 16.3 Å². The Morgan fingerprint density at radius 2 is 2.10 bits per heavy atom. The van der Waals surface area contributed by atoms with Gasteiger partial charge in [0.1, 0.15) is 5.75 Å². The molecule has 0 atom stereocenters. The number of hydrogen-bond acceptors (Lipinski definition) is 4. The number of hydrogen-bond donors (Lipinski definition) is 1. The second-order valence-corrected chi connectivity index (χ2v) is 5.23. The molecule has 0 aliphatic rings. The molecule has 110 valence electrons. The molecule has 1 aromatic heterocycles. The van der Waals surface area contributed by atoms with Crippen LogP contribution >= 0.6 is 11.6 Å². The van der Waals surface area contributed by atoms with Gasteiger partial charge >= 0.3 is 5.97 Å². The number of carboxylic acid groups (broad SMARTS) is 1. The van der Waals surface area contributed by atoms with E-state index in [9.17, 15) is 9.90 Å². The van der Waals surface area contributed by atoms with E-state index >= 15 is 0 Å². The number of rotatable bonds is 4. The minimum Gasteiger partial charge on any atom is -0.496 e. The zero-order valence-corrected chi connectivity index (χ0v) is 12.7. The fraction of sp³-hybridized carbons (Fsp3) is 0.267. The predicted molar refractivity (Wildman–Crippen MR) is 80.1 cm³/mol. The molecule has 21 heavy (non-hydrogen) atoms. The van der Waals surface area contributed by atoms with Crippen LogP contribution in [0.5, 0.6) is 5.75 Å². The molecule has 0 unspecified atom stereocenters. The SMILES string of the molecule is COc1cc(Cl)ccc1-c1ncc(C(=O)O)c(C(C)C)n1. The zero-order valence-electron chi connectivity index (χ0n) is 11.9. The van der Waals surface area contributed by atoms with Gasteiger partial charge in [-0.1, -0.05) is 25.4 Å². The molecular formula is C15H15ClN2O3. The average Bonchev–Trinajstić information content (AvgIpc) is 2.46. The Balaban J connectivity index is 2.60. The van der Waals surface area contributed by atoms with E-state index in [0.29, 0.717) is 27.9 Å². The van der Waals surface area contributed by atoms with Crippen LogP contribution in [-0.4, -0.2) is 28.2 Å². The average molecular weight is 307 g/mol. The largest absolute Gasteiger partial charge is 0.496 e. The lowest BCUT2D eigenvalue weighted by Crippen LogP contribution is -2.09. The molecule has 0 bridgehead atoms.